The Morgan fingerprint density at radius 1 is 1.35 bits per heavy atom. The van der Waals surface area contributed by atoms with Crippen molar-refractivity contribution >= 4 is 11.6 Å². The van der Waals surface area contributed by atoms with Crippen LogP contribution in [0.3, 0.4) is 0 Å². The fourth-order valence-corrected chi connectivity index (χ4v) is 2.32. The first kappa shape index (κ1) is 14.5. The molecule has 3 nitrogen and oxygen atoms in total. The lowest BCUT2D eigenvalue weighted by Crippen LogP contribution is -2.36. The SMILES string of the molecule is CCCN(CCO)C(CN)c1ccccc1Cl. The van der Waals surface area contributed by atoms with Crippen LogP contribution < -0.4 is 5.73 Å². The maximum atomic E-state index is 9.11. The van der Waals surface area contributed by atoms with Gasteiger partial charge >= 0.3 is 0 Å². The summed E-state index contributed by atoms with van der Waals surface area (Å²) < 4.78 is 0. The van der Waals surface area contributed by atoms with Gasteiger partial charge in [0.25, 0.3) is 0 Å². The van der Waals surface area contributed by atoms with E-state index in [2.05, 4.69) is 11.8 Å². The molecule has 1 aromatic rings. The smallest absolute Gasteiger partial charge is 0.0558 e. The molecule has 1 rings (SSSR count). The number of aliphatic hydroxyl groups excluding tert-OH is 1. The van der Waals surface area contributed by atoms with Gasteiger partial charge in [-0.15, -0.1) is 0 Å². The summed E-state index contributed by atoms with van der Waals surface area (Å²) in [6.45, 7) is 4.30. The summed E-state index contributed by atoms with van der Waals surface area (Å²) in [7, 11) is 0. The molecule has 0 bridgehead atoms. The van der Waals surface area contributed by atoms with E-state index >= 15 is 0 Å². The molecular weight excluding hydrogens is 236 g/mol. The van der Waals surface area contributed by atoms with E-state index in [9.17, 15) is 0 Å². The van der Waals surface area contributed by atoms with Crippen molar-refractivity contribution < 1.29 is 5.11 Å². The molecule has 0 amide bonds. The molecule has 1 unspecified atom stereocenters. The number of aliphatic hydroxyl groups is 1. The third-order valence-corrected chi connectivity index (χ3v) is 3.17. The van der Waals surface area contributed by atoms with Crippen LogP contribution in [0.1, 0.15) is 24.9 Å². The van der Waals surface area contributed by atoms with Crippen molar-refractivity contribution in [2.75, 3.05) is 26.2 Å². The van der Waals surface area contributed by atoms with E-state index in [1.165, 1.54) is 0 Å². The second-order valence-electron chi connectivity index (χ2n) is 4.03. The second-order valence-corrected chi connectivity index (χ2v) is 4.44. The van der Waals surface area contributed by atoms with Crippen molar-refractivity contribution in [3.05, 3.63) is 34.9 Å². The minimum absolute atomic E-state index is 0.0794. The molecule has 0 fully saturated rings. The summed E-state index contributed by atoms with van der Waals surface area (Å²) >= 11 is 6.20. The zero-order valence-electron chi connectivity index (χ0n) is 10.3. The Labute approximate surface area is 108 Å². The Bertz CT molecular complexity index is 327. The van der Waals surface area contributed by atoms with Gasteiger partial charge < -0.3 is 10.8 Å². The fourth-order valence-electron chi connectivity index (χ4n) is 2.06. The molecule has 96 valence electrons. The Hall–Kier alpha value is -0.610. The zero-order chi connectivity index (χ0) is 12.7. The van der Waals surface area contributed by atoms with Gasteiger partial charge in [-0.2, -0.15) is 0 Å². The van der Waals surface area contributed by atoms with Gasteiger partial charge in [-0.1, -0.05) is 36.7 Å². The molecule has 0 aliphatic rings. The van der Waals surface area contributed by atoms with E-state index in [-0.39, 0.29) is 12.6 Å². The maximum Gasteiger partial charge on any atom is 0.0558 e. The Kier molecular flexibility index (Phi) is 6.52. The van der Waals surface area contributed by atoms with E-state index < -0.39 is 0 Å². The van der Waals surface area contributed by atoms with Gasteiger partial charge in [-0.25, -0.2) is 0 Å². The predicted molar refractivity (Wildman–Crippen MR) is 72.2 cm³/mol. The van der Waals surface area contributed by atoms with Crippen LogP contribution >= 0.6 is 11.6 Å². The standard InChI is InChI=1S/C13H21ClN2O/c1-2-7-16(8-9-17)13(10-15)11-5-3-4-6-12(11)14/h3-6,13,17H,2,7-10,15H2,1H3. The van der Waals surface area contributed by atoms with Crippen LogP contribution in [0.5, 0.6) is 0 Å². The van der Waals surface area contributed by atoms with Crippen LogP contribution in [-0.4, -0.2) is 36.2 Å². The number of nitrogens with two attached hydrogens (primary N) is 1. The first-order valence-electron chi connectivity index (χ1n) is 6.04. The molecule has 0 aliphatic carbocycles. The van der Waals surface area contributed by atoms with E-state index in [1.54, 1.807) is 0 Å². The van der Waals surface area contributed by atoms with Gasteiger partial charge in [-0.05, 0) is 24.6 Å². The Morgan fingerprint density at radius 2 is 2.06 bits per heavy atom. The number of nitrogens with zero attached hydrogens (tertiary/aromatic N) is 1. The summed E-state index contributed by atoms with van der Waals surface area (Å²) in [5.74, 6) is 0. The zero-order valence-corrected chi connectivity index (χ0v) is 11.0. The number of rotatable bonds is 7. The highest BCUT2D eigenvalue weighted by Gasteiger charge is 2.19. The Balaban J connectivity index is 2.91. The van der Waals surface area contributed by atoms with E-state index in [4.69, 9.17) is 22.4 Å². The summed E-state index contributed by atoms with van der Waals surface area (Å²) in [4.78, 5) is 2.18. The molecular formula is C13H21ClN2O. The average molecular weight is 257 g/mol. The van der Waals surface area contributed by atoms with Crippen molar-refractivity contribution in [1.82, 2.24) is 4.90 Å². The van der Waals surface area contributed by atoms with Crippen LogP contribution in [0, 0.1) is 0 Å². The van der Waals surface area contributed by atoms with E-state index in [0.29, 0.717) is 13.1 Å². The predicted octanol–water partition coefficient (Wildman–Crippen LogP) is 2.04. The summed E-state index contributed by atoms with van der Waals surface area (Å²) in [5.41, 5.74) is 6.89. The molecule has 1 atom stereocenters. The molecule has 0 saturated carbocycles. The van der Waals surface area contributed by atoms with Crippen LogP contribution in [0.2, 0.25) is 5.02 Å². The van der Waals surface area contributed by atoms with Gasteiger partial charge in [0.15, 0.2) is 0 Å². The van der Waals surface area contributed by atoms with Crippen molar-refractivity contribution in [2.24, 2.45) is 5.73 Å². The average Bonchev–Trinajstić information content (AvgIpc) is 2.33. The highest BCUT2D eigenvalue weighted by Crippen LogP contribution is 2.26. The number of hydrogen-bond acceptors (Lipinski definition) is 3. The quantitative estimate of drug-likeness (QED) is 0.785. The first-order valence-corrected chi connectivity index (χ1v) is 6.41. The molecule has 0 aliphatic heterocycles. The molecule has 0 saturated heterocycles. The van der Waals surface area contributed by atoms with Gasteiger partial charge in [0.1, 0.15) is 0 Å². The molecule has 0 radical (unpaired) electrons. The number of halogens is 1. The highest BCUT2D eigenvalue weighted by molar-refractivity contribution is 6.31. The van der Waals surface area contributed by atoms with Crippen LogP contribution in [-0.2, 0) is 0 Å². The topological polar surface area (TPSA) is 49.5 Å². The van der Waals surface area contributed by atoms with E-state index in [0.717, 1.165) is 23.6 Å². The maximum absolute atomic E-state index is 9.11. The van der Waals surface area contributed by atoms with Crippen molar-refractivity contribution in [1.29, 1.82) is 0 Å². The summed E-state index contributed by atoms with van der Waals surface area (Å²) in [6, 6.07) is 7.83. The molecule has 17 heavy (non-hydrogen) atoms. The van der Waals surface area contributed by atoms with Gasteiger partial charge in [-0.3, -0.25) is 4.90 Å². The van der Waals surface area contributed by atoms with Crippen LogP contribution in [0.15, 0.2) is 24.3 Å². The first-order chi connectivity index (χ1) is 8.24. The summed E-state index contributed by atoms with van der Waals surface area (Å²) in [6.07, 6.45) is 1.03. The van der Waals surface area contributed by atoms with Crippen molar-refractivity contribution in [2.45, 2.75) is 19.4 Å². The van der Waals surface area contributed by atoms with Crippen molar-refractivity contribution in [3.63, 3.8) is 0 Å². The van der Waals surface area contributed by atoms with Crippen molar-refractivity contribution in [3.8, 4) is 0 Å². The molecule has 4 heteroatoms. The largest absolute Gasteiger partial charge is 0.395 e. The van der Waals surface area contributed by atoms with Crippen LogP contribution in [0.25, 0.3) is 0 Å². The second kappa shape index (κ2) is 7.67. The molecule has 0 aromatic heterocycles. The number of benzene rings is 1. The Morgan fingerprint density at radius 3 is 2.59 bits per heavy atom. The lowest BCUT2D eigenvalue weighted by Gasteiger charge is -2.30. The minimum Gasteiger partial charge on any atom is -0.395 e. The third kappa shape index (κ3) is 3.96. The fraction of sp³-hybridized carbons (Fsp3) is 0.538. The normalized spacial score (nSPS) is 13.0. The molecule has 1 aromatic carbocycles. The van der Waals surface area contributed by atoms with E-state index in [1.807, 2.05) is 24.3 Å². The van der Waals surface area contributed by atoms with Crippen LogP contribution in [0.4, 0.5) is 0 Å². The molecule has 0 spiro atoms. The molecule has 3 N–H and O–H groups in total. The van der Waals surface area contributed by atoms with Gasteiger partial charge in [0, 0.05) is 24.2 Å². The van der Waals surface area contributed by atoms with Gasteiger partial charge in [0.2, 0.25) is 0 Å². The van der Waals surface area contributed by atoms with Gasteiger partial charge in [0.05, 0.1) is 6.61 Å². The monoisotopic (exact) mass is 256 g/mol. The lowest BCUT2D eigenvalue weighted by atomic mass is 10.0. The summed E-state index contributed by atoms with van der Waals surface area (Å²) in [5, 5.41) is 9.85. The minimum atomic E-state index is 0.0794. The lowest BCUT2D eigenvalue weighted by molar-refractivity contribution is 0.153. The molecule has 0 heterocycles. The number of hydrogen-bond donors (Lipinski definition) is 2. The highest BCUT2D eigenvalue weighted by atomic mass is 35.5. The third-order valence-electron chi connectivity index (χ3n) is 2.83.